The van der Waals surface area contributed by atoms with E-state index >= 15 is 0 Å². The van der Waals surface area contributed by atoms with Crippen LogP contribution in [0.5, 0.6) is 0 Å². The van der Waals surface area contributed by atoms with Gasteiger partial charge in [-0.25, -0.2) is 9.97 Å². The summed E-state index contributed by atoms with van der Waals surface area (Å²) >= 11 is 0. The lowest BCUT2D eigenvalue weighted by Gasteiger charge is -2.26. The van der Waals surface area contributed by atoms with E-state index in [-0.39, 0.29) is 11.9 Å². The lowest BCUT2D eigenvalue weighted by molar-refractivity contribution is -0.117. The van der Waals surface area contributed by atoms with Crippen LogP contribution in [-0.2, 0) is 4.79 Å². The molecule has 2 rings (SSSR count). The van der Waals surface area contributed by atoms with Crippen LogP contribution in [0.2, 0.25) is 0 Å². The minimum Gasteiger partial charge on any atom is -0.343 e. The SMILES string of the molecule is C=CC(=O)N[C@H](CC1CCCCC1)c1ncccn1. The van der Waals surface area contributed by atoms with Gasteiger partial charge in [0.2, 0.25) is 5.91 Å². The second-order valence-corrected chi connectivity index (χ2v) is 5.11. The maximum atomic E-state index is 11.6. The number of rotatable bonds is 5. The van der Waals surface area contributed by atoms with Crippen molar-refractivity contribution in [1.82, 2.24) is 15.3 Å². The molecule has 1 aliphatic carbocycles. The van der Waals surface area contributed by atoms with Crippen molar-refractivity contribution in [2.24, 2.45) is 5.92 Å². The molecule has 0 spiro atoms. The van der Waals surface area contributed by atoms with Gasteiger partial charge in [0.05, 0.1) is 6.04 Å². The van der Waals surface area contributed by atoms with Crippen LogP contribution in [0, 0.1) is 5.92 Å². The van der Waals surface area contributed by atoms with Crippen molar-refractivity contribution in [3.8, 4) is 0 Å². The first-order valence-corrected chi connectivity index (χ1v) is 6.99. The Balaban J connectivity index is 2.05. The number of amides is 1. The Morgan fingerprint density at radius 2 is 2.05 bits per heavy atom. The van der Waals surface area contributed by atoms with Crippen LogP contribution in [0.1, 0.15) is 50.4 Å². The van der Waals surface area contributed by atoms with Crippen molar-refractivity contribution in [3.63, 3.8) is 0 Å². The third-order valence-electron chi connectivity index (χ3n) is 3.69. The number of carbonyl (C=O) groups excluding carboxylic acids is 1. The average Bonchev–Trinajstić information content (AvgIpc) is 2.48. The summed E-state index contributed by atoms with van der Waals surface area (Å²) in [5.74, 6) is 1.20. The number of nitrogens with one attached hydrogen (secondary N) is 1. The number of hydrogen-bond donors (Lipinski definition) is 1. The highest BCUT2D eigenvalue weighted by Crippen LogP contribution is 2.30. The lowest BCUT2D eigenvalue weighted by Crippen LogP contribution is -2.30. The zero-order chi connectivity index (χ0) is 13.5. The van der Waals surface area contributed by atoms with Gasteiger partial charge in [0.15, 0.2) is 0 Å². The van der Waals surface area contributed by atoms with E-state index in [1.54, 1.807) is 18.5 Å². The Morgan fingerprint density at radius 3 is 2.68 bits per heavy atom. The highest BCUT2D eigenvalue weighted by atomic mass is 16.1. The van der Waals surface area contributed by atoms with E-state index in [0.29, 0.717) is 11.7 Å². The molecule has 0 saturated heterocycles. The summed E-state index contributed by atoms with van der Waals surface area (Å²) in [6, 6.07) is 1.69. The molecule has 19 heavy (non-hydrogen) atoms. The van der Waals surface area contributed by atoms with Crippen LogP contribution >= 0.6 is 0 Å². The molecule has 4 nitrogen and oxygen atoms in total. The number of nitrogens with zero attached hydrogens (tertiary/aromatic N) is 2. The minimum absolute atomic E-state index is 0.102. The highest BCUT2D eigenvalue weighted by molar-refractivity contribution is 5.87. The van der Waals surface area contributed by atoms with Gasteiger partial charge < -0.3 is 5.32 Å². The topological polar surface area (TPSA) is 54.9 Å². The molecule has 0 unspecified atom stereocenters. The minimum atomic E-state index is -0.159. The van der Waals surface area contributed by atoms with Gasteiger partial charge in [-0.2, -0.15) is 0 Å². The molecule has 1 amide bonds. The molecule has 1 saturated carbocycles. The molecule has 1 fully saturated rings. The molecular formula is C15H21N3O. The van der Waals surface area contributed by atoms with Gasteiger partial charge in [-0.1, -0.05) is 38.7 Å². The van der Waals surface area contributed by atoms with Crippen molar-refractivity contribution in [3.05, 3.63) is 36.9 Å². The van der Waals surface area contributed by atoms with Gasteiger partial charge in [0.25, 0.3) is 0 Å². The van der Waals surface area contributed by atoms with Crippen LogP contribution in [0.4, 0.5) is 0 Å². The standard InChI is InChI=1S/C15H21N3O/c1-2-14(19)18-13(15-16-9-6-10-17-15)11-12-7-4-3-5-8-12/h2,6,9-10,12-13H,1,3-5,7-8,11H2,(H,18,19)/t13-/m1/s1. The van der Waals surface area contributed by atoms with E-state index in [1.165, 1.54) is 38.2 Å². The van der Waals surface area contributed by atoms with Gasteiger partial charge in [-0.05, 0) is 24.5 Å². The van der Waals surface area contributed by atoms with Gasteiger partial charge in [-0.3, -0.25) is 4.79 Å². The fraction of sp³-hybridized carbons (Fsp3) is 0.533. The Bertz CT molecular complexity index is 413. The van der Waals surface area contributed by atoms with E-state index in [4.69, 9.17) is 0 Å². The number of hydrogen-bond acceptors (Lipinski definition) is 3. The molecule has 1 aromatic rings. The summed E-state index contributed by atoms with van der Waals surface area (Å²) in [6.45, 7) is 3.50. The smallest absolute Gasteiger partial charge is 0.243 e. The van der Waals surface area contributed by atoms with Crippen molar-refractivity contribution in [2.45, 2.75) is 44.6 Å². The van der Waals surface area contributed by atoms with Gasteiger partial charge >= 0.3 is 0 Å². The summed E-state index contributed by atoms with van der Waals surface area (Å²) in [4.78, 5) is 20.1. The van der Waals surface area contributed by atoms with Crippen LogP contribution in [0.25, 0.3) is 0 Å². The van der Waals surface area contributed by atoms with Crippen molar-refractivity contribution >= 4 is 5.91 Å². The average molecular weight is 259 g/mol. The van der Waals surface area contributed by atoms with Crippen LogP contribution in [-0.4, -0.2) is 15.9 Å². The predicted molar refractivity (Wildman–Crippen MR) is 74.3 cm³/mol. The van der Waals surface area contributed by atoms with Crippen LogP contribution in [0.15, 0.2) is 31.1 Å². The highest BCUT2D eigenvalue weighted by Gasteiger charge is 2.22. The summed E-state index contributed by atoms with van der Waals surface area (Å²) in [5.41, 5.74) is 0. The predicted octanol–water partition coefficient (Wildman–Crippen LogP) is 2.79. The van der Waals surface area contributed by atoms with E-state index in [2.05, 4.69) is 21.9 Å². The molecule has 0 radical (unpaired) electrons. The van der Waals surface area contributed by atoms with Gasteiger partial charge in [0.1, 0.15) is 5.82 Å². The molecular weight excluding hydrogens is 238 g/mol. The first-order valence-electron chi connectivity index (χ1n) is 6.99. The zero-order valence-corrected chi connectivity index (χ0v) is 11.2. The van der Waals surface area contributed by atoms with Crippen molar-refractivity contribution in [1.29, 1.82) is 0 Å². The van der Waals surface area contributed by atoms with E-state index < -0.39 is 0 Å². The summed E-state index contributed by atoms with van der Waals surface area (Å²) in [5, 5.41) is 2.95. The molecule has 4 heteroatoms. The Kier molecular flexibility index (Phi) is 5.07. The van der Waals surface area contributed by atoms with Crippen molar-refractivity contribution in [2.75, 3.05) is 0 Å². The third kappa shape index (κ3) is 4.16. The van der Waals surface area contributed by atoms with E-state index in [0.717, 1.165) is 6.42 Å². The Morgan fingerprint density at radius 1 is 1.37 bits per heavy atom. The normalized spacial score (nSPS) is 17.7. The molecule has 1 aliphatic rings. The van der Waals surface area contributed by atoms with Crippen LogP contribution < -0.4 is 5.32 Å². The molecule has 1 atom stereocenters. The monoisotopic (exact) mass is 259 g/mol. The Labute approximate surface area is 114 Å². The Hall–Kier alpha value is -1.71. The fourth-order valence-electron chi connectivity index (χ4n) is 2.71. The maximum absolute atomic E-state index is 11.6. The summed E-state index contributed by atoms with van der Waals surface area (Å²) in [6.07, 6.45) is 12.1. The molecule has 102 valence electrons. The molecule has 1 aromatic heterocycles. The van der Waals surface area contributed by atoms with Gasteiger partial charge in [-0.15, -0.1) is 0 Å². The molecule has 0 bridgehead atoms. The molecule has 0 aromatic carbocycles. The molecule has 1 N–H and O–H groups in total. The summed E-state index contributed by atoms with van der Waals surface area (Å²) in [7, 11) is 0. The number of aromatic nitrogens is 2. The lowest BCUT2D eigenvalue weighted by atomic mass is 9.84. The fourth-order valence-corrected chi connectivity index (χ4v) is 2.71. The van der Waals surface area contributed by atoms with E-state index in [9.17, 15) is 4.79 Å². The van der Waals surface area contributed by atoms with Gasteiger partial charge in [0, 0.05) is 12.4 Å². The molecule has 1 heterocycles. The second-order valence-electron chi connectivity index (χ2n) is 5.11. The van der Waals surface area contributed by atoms with Crippen molar-refractivity contribution < 1.29 is 4.79 Å². The number of carbonyl (C=O) groups is 1. The first kappa shape index (κ1) is 13.7. The second kappa shape index (κ2) is 7.02. The molecule has 0 aliphatic heterocycles. The third-order valence-corrected chi connectivity index (χ3v) is 3.69. The summed E-state index contributed by atoms with van der Waals surface area (Å²) < 4.78 is 0. The van der Waals surface area contributed by atoms with Crippen LogP contribution in [0.3, 0.4) is 0 Å². The quantitative estimate of drug-likeness (QED) is 0.827. The maximum Gasteiger partial charge on any atom is 0.243 e. The largest absolute Gasteiger partial charge is 0.343 e. The zero-order valence-electron chi connectivity index (χ0n) is 11.2. The first-order chi connectivity index (χ1) is 9.29. The van der Waals surface area contributed by atoms with E-state index in [1.807, 2.05) is 0 Å².